The van der Waals surface area contributed by atoms with Crippen molar-refractivity contribution < 1.29 is 28.6 Å². The van der Waals surface area contributed by atoms with Gasteiger partial charge in [-0.25, -0.2) is 0 Å². The lowest BCUT2D eigenvalue weighted by Crippen LogP contribution is -2.30. The Balaban J connectivity index is 4.35. The van der Waals surface area contributed by atoms with Crippen molar-refractivity contribution in [3.8, 4) is 0 Å². The minimum atomic E-state index is -0.800. The average molecular weight is 1110 g/mol. The molecule has 0 heterocycles. The molecule has 0 radical (unpaired) electrons. The highest BCUT2D eigenvalue weighted by atomic mass is 16.6. The molecule has 1 unspecified atom stereocenters. The SMILES string of the molecule is CC/C=C\C/C=C\C/C=C\C/C=C\C/C=C\C/C=C\CCCCCCC(=O)OC(COC(=O)CCCCCCC/C=C\CCCCC)COC(=O)CCCCCCCCCCCCCC/C=C\C/C=C\C/C=C\CCCCCCC. The van der Waals surface area contributed by atoms with Crippen LogP contribution in [0.4, 0.5) is 0 Å². The van der Waals surface area contributed by atoms with Gasteiger partial charge in [0, 0.05) is 19.3 Å². The van der Waals surface area contributed by atoms with Gasteiger partial charge in [-0.2, -0.15) is 0 Å². The summed E-state index contributed by atoms with van der Waals surface area (Å²) in [5.74, 6) is -0.924. The maximum Gasteiger partial charge on any atom is 0.306 e. The Kier molecular flexibility index (Phi) is 63.8. The van der Waals surface area contributed by atoms with E-state index in [0.717, 1.165) is 135 Å². The molecule has 0 fully saturated rings. The summed E-state index contributed by atoms with van der Waals surface area (Å²) in [5.41, 5.74) is 0. The van der Waals surface area contributed by atoms with Crippen LogP contribution in [0.25, 0.3) is 0 Å². The Morgan fingerprint density at radius 2 is 0.487 bits per heavy atom. The standard InChI is InChI=1S/C74H124O6/c1-4-7-10-13-16-19-22-25-27-29-31-33-35-36-37-38-40-41-43-45-47-49-52-55-58-61-64-67-73(76)79-70-71(69-78-72(75)66-63-60-57-54-51-24-21-18-15-12-9-6-3)80-74(77)68-65-62-59-56-53-50-48-46-44-42-39-34-32-30-28-26-23-20-17-14-11-8-5-2/h8,11,17-18,20-22,25-26,28-29,31-32,34-36,42,44,48,50,71H,4-7,9-10,12-16,19,23-24,27,30,33,37-41,43,45-47,49,51-70H2,1-3H3/b11-8-,20-17-,21-18-,25-22-,28-26-,31-29-,34-32-,36-35-,44-42-,50-48-. The maximum absolute atomic E-state index is 12.9. The van der Waals surface area contributed by atoms with Gasteiger partial charge in [-0.1, -0.05) is 277 Å². The van der Waals surface area contributed by atoms with Crippen LogP contribution in [0.3, 0.4) is 0 Å². The van der Waals surface area contributed by atoms with E-state index in [1.165, 1.54) is 135 Å². The quantitative estimate of drug-likeness (QED) is 0.0261. The lowest BCUT2D eigenvalue weighted by Gasteiger charge is -2.18. The largest absolute Gasteiger partial charge is 0.462 e. The first-order valence-electron chi connectivity index (χ1n) is 33.5. The molecule has 0 aromatic carbocycles. The van der Waals surface area contributed by atoms with E-state index in [1.54, 1.807) is 0 Å². The van der Waals surface area contributed by atoms with Crippen molar-refractivity contribution >= 4 is 17.9 Å². The second kappa shape index (κ2) is 67.3. The Morgan fingerprint density at radius 3 is 0.800 bits per heavy atom. The zero-order valence-electron chi connectivity index (χ0n) is 52.3. The van der Waals surface area contributed by atoms with E-state index in [0.29, 0.717) is 19.3 Å². The van der Waals surface area contributed by atoms with Gasteiger partial charge in [0.2, 0.25) is 0 Å². The lowest BCUT2D eigenvalue weighted by molar-refractivity contribution is -0.167. The number of unbranched alkanes of at least 4 members (excludes halogenated alkanes) is 29. The minimum Gasteiger partial charge on any atom is -0.462 e. The van der Waals surface area contributed by atoms with Crippen LogP contribution in [0.5, 0.6) is 0 Å². The van der Waals surface area contributed by atoms with E-state index in [4.69, 9.17) is 14.2 Å². The fourth-order valence-corrected chi connectivity index (χ4v) is 9.15. The van der Waals surface area contributed by atoms with Crippen molar-refractivity contribution in [3.63, 3.8) is 0 Å². The Labute approximate surface area is 494 Å². The van der Waals surface area contributed by atoms with Crippen molar-refractivity contribution in [2.45, 2.75) is 316 Å². The highest BCUT2D eigenvalue weighted by molar-refractivity contribution is 5.71. The summed E-state index contributed by atoms with van der Waals surface area (Å²) in [6.45, 7) is 6.48. The van der Waals surface area contributed by atoms with E-state index >= 15 is 0 Å². The van der Waals surface area contributed by atoms with Gasteiger partial charge in [0.05, 0.1) is 0 Å². The third-order valence-corrected chi connectivity index (χ3v) is 14.2. The predicted molar refractivity (Wildman–Crippen MR) is 348 cm³/mol. The van der Waals surface area contributed by atoms with E-state index in [2.05, 4.69) is 142 Å². The maximum atomic E-state index is 12.9. The molecule has 0 aromatic heterocycles. The number of carbonyl (C=O) groups is 3. The molecule has 0 aliphatic carbocycles. The molecule has 0 saturated heterocycles. The number of hydrogen-bond acceptors (Lipinski definition) is 6. The van der Waals surface area contributed by atoms with Crippen LogP contribution in [0.15, 0.2) is 122 Å². The summed E-state index contributed by atoms with van der Waals surface area (Å²) in [4.78, 5) is 38.3. The van der Waals surface area contributed by atoms with Crippen LogP contribution >= 0.6 is 0 Å². The molecule has 0 aromatic rings. The van der Waals surface area contributed by atoms with E-state index in [9.17, 15) is 14.4 Å². The molecular weight excluding hydrogens is 985 g/mol. The van der Waals surface area contributed by atoms with Gasteiger partial charge in [0.1, 0.15) is 13.2 Å². The van der Waals surface area contributed by atoms with Crippen LogP contribution in [0.1, 0.15) is 310 Å². The van der Waals surface area contributed by atoms with Gasteiger partial charge in [0.15, 0.2) is 6.10 Å². The second-order valence-electron chi connectivity index (χ2n) is 22.0. The first kappa shape index (κ1) is 75.8. The normalized spacial score (nSPS) is 12.9. The molecule has 0 rings (SSSR count). The summed E-state index contributed by atoms with van der Waals surface area (Å²) in [6, 6.07) is 0. The second-order valence-corrected chi connectivity index (χ2v) is 22.0. The number of ether oxygens (including phenoxy) is 3. The fourth-order valence-electron chi connectivity index (χ4n) is 9.15. The summed E-state index contributed by atoms with van der Waals surface area (Å²) >= 11 is 0. The molecule has 1 atom stereocenters. The summed E-state index contributed by atoms with van der Waals surface area (Å²) in [5, 5.41) is 0. The van der Waals surface area contributed by atoms with Gasteiger partial charge in [-0.05, 0) is 135 Å². The van der Waals surface area contributed by atoms with E-state index in [1.807, 2.05) is 0 Å². The van der Waals surface area contributed by atoms with Crippen LogP contribution in [0.2, 0.25) is 0 Å². The van der Waals surface area contributed by atoms with Gasteiger partial charge in [0.25, 0.3) is 0 Å². The Morgan fingerprint density at radius 1 is 0.263 bits per heavy atom. The highest BCUT2D eigenvalue weighted by Gasteiger charge is 2.19. The molecule has 0 aliphatic heterocycles. The highest BCUT2D eigenvalue weighted by Crippen LogP contribution is 2.16. The monoisotopic (exact) mass is 1110 g/mol. The summed E-state index contributed by atoms with van der Waals surface area (Å²) < 4.78 is 16.9. The molecule has 6 nitrogen and oxygen atoms in total. The number of allylic oxidation sites excluding steroid dienone is 20. The van der Waals surface area contributed by atoms with E-state index in [-0.39, 0.29) is 31.1 Å². The van der Waals surface area contributed by atoms with E-state index < -0.39 is 6.10 Å². The minimum absolute atomic E-state index is 0.0937. The molecular formula is C74H124O6. The number of hydrogen-bond donors (Lipinski definition) is 0. The topological polar surface area (TPSA) is 78.9 Å². The predicted octanol–water partition coefficient (Wildman–Crippen LogP) is 23.2. The Bertz CT molecular complexity index is 1650. The number of esters is 3. The first-order chi connectivity index (χ1) is 39.5. The van der Waals surface area contributed by atoms with Crippen molar-refractivity contribution in [1.29, 1.82) is 0 Å². The van der Waals surface area contributed by atoms with Crippen molar-refractivity contribution in [1.82, 2.24) is 0 Å². The van der Waals surface area contributed by atoms with Gasteiger partial charge < -0.3 is 14.2 Å². The van der Waals surface area contributed by atoms with Crippen LogP contribution in [-0.4, -0.2) is 37.2 Å². The van der Waals surface area contributed by atoms with Crippen LogP contribution < -0.4 is 0 Å². The van der Waals surface area contributed by atoms with Crippen molar-refractivity contribution in [3.05, 3.63) is 122 Å². The fraction of sp³-hybridized carbons (Fsp3) is 0.689. The smallest absolute Gasteiger partial charge is 0.306 e. The van der Waals surface area contributed by atoms with Gasteiger partial charge >= 0.3 is 17.9 Å². The molecule has 0 bridgehead atoms. The molecule has 0 saturated carbocycles. The van der Waals surface area contributed by atoms with Crippen molar-refractivity contribution in [2.75, 3.05) is 13.2 Å². The molecule has 80 heavy (non-hydrogen) atoms. The van der Waals surface area contributed by atoms with Crippen molar-refractivity contribution in [2.24, 2.45) is 0 Å². The summed E-state index contributed by atoms with van der Waals surface area (Å²) in [6.07, 6.45) is 93.5. The summed E-state index contributed by atoms with van der Waals surface area (Å²) in [7, 11) is 0. The van der Waals surface area contributed by atoms with Gasteiger partial charge in [-0.3, -0.25) is 14.4 Å². The molecule has 0 spiro atoms. The number of carbonyl (C=O) groups excluding carboxylic acids is 3. The van der Waals surface area contributed by atoms with Crippen LogP contribution in [-0.2, 0) is 28.6 Å². The zero-order chi connectivity index (χ0) is 57.8. The third kappa shape index (κ3) is 64.6. The molecule has 0 amide bonds. The molecule has 0 aliphatic rings. The third-order valence-electron chi connectivity index (χ3n) is 14.2. The average Bonchev–Trinajstić information content (AvgIpc) is 3.46. The zero-order valence-corrected chi connectivity index (χ0v) is 52.3. The Hall–Kier alpha value is -4.19. The van der Waals surface area contributed by atoms with Gasteiger partial charge in [-0.15, -0.1) is 0 Å². The molecule has 6 heteroatoms. The van der Waals surface area contributed by atoms with Crippen LogP contribution in [0, 0.1) is 0 Å². The first-order valence-corrected chi connectivity index (χ1v) is 33.5. The number of rotatable bonds is 60. The lowest BCUT2D eigenvalue weighted by atomic mass is 10.0. The molecule has 456 valence electrons. The molecule has 0 N–H and O–H groups in total.